The van der Waals surface area contributed by atoms with Crippen molar-refractivity contribution in [3.05, 3.63) is 17.8 Å². The van der Waals surface area contributed by atoms with E-state index in [1.54, 1.807) is 16.7 Å². The molecule has 1 unspecified atom stereocenters. The van der Waals surface area contributed by atoms with Gasteiger partial charge in [0.1, 0.15) is 11.2 Å². The Balaban J connectivity index is 2.43. The van der Waals surface area contributed by atoms with Gasteiger partial charge in [0, 0.05) is 24.3 Å². The molecule has 2 heterocycles. The van der Waals surface area contributed by atoms with E-state index in [1.165, 1.54) is 18.5 Å². The SMILES string of the molecule is CS(=O)(=O)C1CSCCN1c1cc(C(=O)O)c(N)cn1. The van der Waals surface area contributed by atoms with Gasteiger partial charge in [0.15, 0.2) is 9.84 Å². The molecule has 0 bridgehead atoms. The number of sulfone groups is 1. The van der Waals surface area contributed by atoms with Crippen LogP contribution in [0.3, 0.4) is 0 Å². The molecule has 1 saturated heterocycles. The molecule has 0 aromatic carbocycles. The molecular weight excluding hydrogens is 302 g/mol. The first kappa shape index (κ1) is 14.9. The number of anilines is 2. The molecule has 7 nitrogen and oxygen atoms in total. The summed E-state index contributed by atoms with van der Waals surface area (Å²) in [7, 11) is -3.28. The smallest absolute Gasteiger partial charge is 0.337 e. The lowest BCUT2D eigenvalue weighted by Gasteiger charge is -2.35. The molecule has 1 fully saturated rings. The van der Waals surface area contributed by atoms with E-state index in [0.29, 0.717) is 18.1 Å². The van der Waals surface area contributed by atoms with Crippen LogP contribution in [-0.4, -0.2) is 54.2 Å². The summed E-state index contributed by atoms with van der Waals surface area (Å²) in [5, 5.41) is 8.37. The fourth-order valence-electron chi connectivity index (χ4n) is 2.00. The maximum Gasteiger partial charge on any atom is 0.337 e. The van der Waals surface area contributed by atoms with Crippen LogP contribution in [0, 0.1) is 0 Å². The zero-order valence-electron chi connectivity index (χ0n) is 10.8. The lowest BCUT2D eigenvalue weighted by atomic mass is 10.2. The lowest BCUT2D eigenvalue weighted by Crippen LogP contribution is -2.47. The number of hydrogen-bond acceptors (Lipinski definition) is 7. The average Bonchev–Trinajstić information content (AvgIpc) is 2.38. The summed E-state index contributed by atoms with van der Waals surface area (Å²) in [5.41, 5.74) is 5.55. The summed E-state index contributed by atoms with van der Waals surface area (Å²) >= 11 is 1.55. The van der Waals surface area contributed by atoms with Crippen LogP contribution in [0.4, 0.5) is 11.5 Å². The molecule has 1 aliphatic heterocycles. The molecule has 1 aromatic rings. The Bertz CT molecular complexity index is 633. The third kappa shape index (κ3) is 2.98. The molecule has 9 heteroatoms. The number of thioether (sulfide) groups is 1. The number of aromatic carboxylic acids is 1. The highest BCUT2D eigenvalue weighted by atomic mass is 32.2. The molecule has 20 heavy (non-hydrogen) atoms. The quantitative estimate of drug-likeness (QED) is 0.817. The van der Waals surface area contributed by atoms with Crippen LogP contribution < -0.4 is 10.6 Å². The van der Waals surface area contributed by atoms with Crippen LogP contribution in [-0.2, 0) is 9.84 Å². The highest BCUT2D eigenvalue weighted by Crippen LogP contribution is 2.27. The number of aromatic nitrogens is 1. The summed E-state index contributed by atoms with van der Waals surface area (Å²) in [6.45, 7) is 0.498. The van der Waals surface area contributed by atoms with E-state index in [4.69, 9.17) is 10.8 Å². The van der Waals surface area contributed by atoms with Crippen LogP contribution in [0.5, 0.6) is 0 Å². The van der Waals surface area contributed by atoms with Crippen molar-refractivity contribution in [3.63, 3.8) is 0 Å². The molecule has 2 rings (SSSR count). The molecule has 110 valence electrons. The van der Waals surface area contributed by atoms with Crippen molar-refractivity contribution in [2.75, 3.05) is 34.9 Å². The number of rotatable bonds is 3. The van der Waals surface area contributed by atoms with Gasteiger partial charge in [-0.05, 0) is 6.07 Å². The molecule has 0 spiro atoms. The molecule has 0 saturated carbocycles. The predicted octanol–water partition coefficient (Wildman–Crippen LogP) is 0.286. The van der Waals surface area contributed by atoms with E-state index >= 15 is 0 Å². The van der Waals surface area contributed by atoms with Crippen LogP contribution in [0.2, 0.25) is 0 Å². The first-order valence-electron chi connectivity index (χ1n) is 5.83. The fourth-order valence-corrected chi connectivity index (χ4v) is 4.82. The molecule has 0 aliphatic carbocycles. The lowest BCUT2D eigenvalue weighted by molar-refractivity contribution is 0.0698. The van der Waals surface area contributed by atoms with Gasteiger partial charge in [0.25, 0.3) is 0 Å². The Morgan fingerprint density at radius 3 is 2.90 bits per heavy atom. The molecule has 0 radical (unpaired) electrons. The van der Waals surface area contributed by atoms with Crippen LogP contribution >= 0.6 is 11.8 Å². The second-order valence-corrected chi connectivity index (χ2v) is 7.84. The number of hydrogen-bond donors (Lipinski definition) is 2. The number of nitrogens with zero attached hydrogens (tertiary/aromatic N) is 2. The average molecular weight is 317 g/mol. The second kappa shape index (κ2) is 5.49. The Kier molecular flexibility index (Phi) is 4.09. The summed E-state index contributed by atoms with van der Waals surface area (Å²) in [6.07, 6.45) is 2.42. The van der Waals surface area contributed by atoms with E-state index in [-0.39, 0.29) is 11.3 Å². The monoisotopic (exact) mass is 317 g/mol. The Labute approximate surface area is 121 Å². The van der Waals surface area contributed by atoms with Gasteiger partial charge in [0.2, 0.25) is 0 Å². The van der Waals surface area contributed by atoms with Gasteiger partial charge in [-0.15, -0.1) is 0 Å². The Morgan fingerprint density at radius 1 is 1.60 bits per heavy atom. The van der Waals surface area contributed by atoms with Crippen molar-refractivity contribution in [1.82, 2.24) is 4.98 Å². The molecule has 1 aliphatic rings. The number of carboxylic acids is 1. The minimum atomic E-state index is -3.28. The summed E-state index contributed by atoms with van der Waals surface area (Å²) in [6, 6.07) is 1.33. The topological polar surface area (TPSA) is 114 Å². The number of carbonyl (C=O) groups is 1. The maximum absolute atomic E-state index is 11.8. The molecule has 1 aromatic heterocycles. The van der Waals surface area contributed by atoms with E-state index < -0.39 is 21.2 Å². The molecule has 1 atom stereocenters. The highest BCUT2D eigenvalue weighted by molar-refractivity contribution is 8.01. The highest BCUT2D eigenvalue weighted by Gasteiger charge is 2.32. The second-order valence-electron chi connectivity index (χ2n) is 4.49. The van der Waals surface area contributed by atoms with Gasteiger partial charge in [-0.3, -0.25) is 0 Å². The number of pyridine rings is 1. The standard InChI is InChI=1S/C11H15N3O4S2/c1-20(17,18)10-6-19-3-2-14(10)9-4-7(11(15)16)8(12)5-13-9/h4-5,10H,2-3,6,12H2,1H3,(H,15,16). The Hall–Kier alpha value is -1.48. The van der Waals surface area contributed by atoms with Gasteiger partial charge in [-0.25, -0.2) is 18.2 Å². The van der Waals surface area contributed by atoms with Crippen molar-refractivity contribution >= 4 is 39.1 Å². The number of nitrogen functional groups attached to an aromatic ring is 1. The van der Waals surface area contributed by atoms with Gasteiger partial charge in [-0.2, -0.15) is 11.8 Å². The van der Waals surface area contributed by atoms with Gasteiger partial charge in [-0.1, -0.05) is 0 Å². The third-order valence-electron chi connectivity index (χ3n) is 3.02. The zero-order chi connectivity index (χ0) is 14.9. The van der Waals surface area contributed by atoms with Crippen molar-refractivity contribution in [3.8, 4) is 0 Å². The first-order valence-corrected chi connectivity index (χ1v) is 8.93. The van der Waals surface area contributed by atoms with E-state index in [1.807, 2.05) is 0 Å². The Morgan fingerprint density at radius 2 is 2.30 bits per heavy atom. The predicted molar refractivity (Wildman–Crippen MR) is 78.9 cm³/mol. The van der Waals surface area contributed by atoms with Crippen molar-refractivity contribution < 1.29 is 18.3 Å². The van der Waals surface area contributed by atoms with Crippen LogP contribution in [0.15, 0.2) is 12.3 Å². The van der Waals surface area contributed by atoms with Gasteiger partial charge in [0.05, 0.1) is 17.4 Å². The minimum absolute atomic E-state index is 0.0588. The third-order valence-corrected chi connectivity index (χ3v) is 5.67. The van der Waals surface area contributed by atoms with Crippen molar-refractivity contribution in [2.45, 2.75) is 5.37 Å². The van der Waals surface area contributed by atoms with Crippen molar-refractivity contribution in [2.24, 2.45) is 0 Å². The van der Waals surface area contributed by atoms with Crippen molar-refractivity contribution in [1.29, 1.82) is 0 Å². The van der Waals surface area contributed by atoms with Crippen LogP contribution in [0.25, 0.3) is 0 Å². The minimum Gasteiger partial charge on any atom is -0.478 e. The fraction of sp³-hybridized carbons (Fsp3) is 0.455. The maximum atomic E-state index is 11.8. The first-order chi connectivity index (χ1) is 9.30. The normalized spacial score (nSPS) is 19.9. The zero-order valence-corrected chi connectivity index (χ0v) is 12.4. The molecular formula is C11H15N3O4S2. The largest absolute Gasteiger partial charge is 0.478 e. The number of carboxylic acid groups (broad SMARTS) is 1. The summed E-state index contributed by atoms with van der Waals surface area (Å²) < 4.78 is 23.7. The van der Waals surface area contributed by atoms with Crippen LogP contribution in [0.1, 0.15) is 10.4 Å². The molecule has 3 N–H and O–H groups in total. The summed E-state index contributed by atoms with van der Waals surface area (Å²) in [5.74, 6) is 0.370. The molecule has 0 amide bonds. The van der Waals surface area contributed by atoms with Gasteiger partial charge < -0.3 is 15.7 Å². The van der Waals surface area contributed by atoms with E-state index in [2.05, 4.69) is 4.98 Å². The summed E-state index contributed by atoms with van der Waals surface area (Å²) in [4.78, 5) is 16.8. The van der Waals surface area contributed by atoms with Gasteiger partial charge >= 0.3 is 5.97 Å². The van der Waals surface area contributed by atoms with E-state index in [9.17, 15) is 13.2 Å². The van der Waals surface area contributed by atoms with E-state index in [0.717, 1.165) is 5.75 Å². The number of nitrogens with two attached hydrogens (primary N) is 1.